The molecule has 0 aliphatic rings. The average Bonchev–Trinajstić information content (AvgIpc) is 2.29. The molecule has 0 atom stereocenters. The molecule has 0 aromatic carbocycles. The van der Waals surface area contributed by atoms with Gasteiger partial charge >= 0.3 is 112 Å². The summed E-state index contributed by atoms with van der Waals surface area (Å²) in [7, 11) is 0. The van der Waals surface area contributed by atoms with Crippen LogP contribution in [0.2, 0.25) is 13.3 Å². The molecule has 0 aliphatic carbocycles. The summed E-state index contributed by atoms with van der Waals surface area (Å²) < 4.78 is 5.09. The topological polar surface area (TPSA) is 0 Å². The molecule has 0 unspecified atom stereocenters. The van der Waals surface area contributed by atoms with Gasteiger partial charge in [0.05, 0.1) is 0 Å². The molecule has 0 nitrogen and oxygen atoms in total. The van der Waals surface area contributed by atoms with Crippen molar-refractivity contribution in [2.45, 2.75) is 91.9 Å². The van der Waals surface area contributed by atoms with E-state index in [4.69, 9.17) is 0 Å². The summed E-state index contributed by atoms with van der Waals surface area (Å²) in [4.78, 5) is 0. The zero-order valence-corrected chi connectivity index (χ0v) is 14.8. The van der Waals surface area contributed by atoms with Crippen LogP contribution in [-0.4, -0.2) is 19.8 Å². The van der Waals surface area contributed by atoms with E-state index in [1.807, 2.05) is 0 Å². The van der Waals surface area contributed by atoms with Crippen molar-refractivity contribution < 1.29 is 0 Å². The summed E-state index contributed by atoms with van der Waals surface area (Å²) in [6.45, 7) is 6.99. The van der Waals surface area contributed by atoms with Crippen molar-refractivity contribution in [3.05, 3.63) is 0 Å². The van der Waals surface area contributed by atoms with E-state index in [-0.39, 0.29) is 0 Å². The Morgan fingerprint density at radius 3 is 1.06 bits per heavy atom. The fourth-order valence-corrected chi connectivity index (χ4v) is 10.8. The molecule has 16 heavy (non-hydrogen) atoms. The molecule has 0 heterocycles. The first-order chi connectivity index (χ1) is 7.85. The Morgan fingerprint density at radius 2 is 0.812 bits per heavy atom. The van der Waals surface area contributed by atoms with Gasteiger partial charge in [-0.2, -0.15) is 0 Å². The quantitative estimate of drug-likeness (QED) is 0.301. The van der Waals surface area contributed by atoms with E-state index >= 15 is 0 Å². The summed E-state index contributed by atoms with van der Waals surface area (Å²) in [5.74, 6) is 0. The first-order valence-electron chi connectivity index (χ1n) is 7.68. The molecular formula is C15H33Sn. The van der Waals surface area contributed by atoms with Crippen molar-refractivity contribution in [1.82, 2.24) is 0 Å². The van der Waals surface area contributed by atoms with Gasteiger partial charge < -0.3 is 0 Å². The second kappa shape index (κ2) is 13.9. The molecule has 0 saturated carbocycles. The molecule has 0 spiro atoms. The molecule has 1 radical (unpaired) electrons. The molecule has 0 amide bonds. The van der Waals surface area contributed by atoms with Crippen LogP contribution in [0.1, 0.15) is 78.6 Å². The van der Waals surface area contributed by atoms with Gasteiger partial charge in [0.25, 0.3) is 0 Å². The van der Waals surface area contributed by atoms with Crippen LogP contribution in [-0.2, 0) is 0 Å². The number of hydrogen-bond donors (Lipinski definition) is 0. The van der Waals surface area contributed by atoms with Crippen molar-refractivity contribution in [3.8, 4) is 0 Å². The predicted octanol–water partition coefficient (Wildman–Crippen LogP) is 6.05. The number of rotatable bonds is 12. The molecule has 97 valence electrons. The van der Waals surface area contributed by atoms with Crippen LogP contribution >= 0.6 is 0 Å². The Hall–Kier alpha value is 0.799. The van der Waals surface area contributed by atoms with Crippen LogP contribution in [0.25, 0.3) is 0 Å². The molecular weight excluding hydrogens is 299 g/mol. The van der Waals surface area contributed by atoms with Gasteiger partial charge in [-0.1, -0.05) is 0 Å². The van der Waals surface area contributed by atoms with Crippen LogP contribution in [0.3, 0.4) is 0 Å². The Kier molecular flexibility index (Phi) is 14.6. The Morgan fingerprint density at radius 1 is 0.500 bits per heavy atom. The first-order valence-corrected chi connectivity index (χ1v) is 13.7. The van der Waals surface area contributed by atoms with E-state index in [1.165, 1.54) is 38.5 Å². The summed E-state index contributed by atoms with van der Waals surface area (Å²) >= 11 is -0.900. The Bertz CT molecular complexity index is 98.8. The summed E-state index contributed by atoms with van der Waals surface area (Å²) in [5, 5.41) is 0. The van der Waals surface area contributed by atoms with E-state index < -0.39 is 19.8 Å². The predicted molar refractivity (Wildman–Crippen MR) is 78.8 cm³/mol. The van der Waals surface area contributed by atoms with Gasteiger partial charge in [-0.25, -0.2) is 0 Å². The van der Waals surface area contributed by atoms with Gasteiger partial charge in [0.1, 0.15) is 0 Å². The Labute approximate surface area is 111 Å². The van der Waals surface area contributed by atoms with E-state index in [2.05, 4.69) is 20.8 Å². The van der Waals surface area contributed by atoms with Crippen molar-refractivity contribution in [2.75, 3.05) is 0 Å². The van der Waals surface area contributed by atoms with E-state index in [0.29, 0.717) is 0 Å². The van der Waals surface area contributed by atoms with Crippen molar-refractivity contribution >= 4 is 19.8 Å². The number of unbranched alkanes of at least 4 members (excludes halogenated alkanes) is 6. The molecule has 0 fully saturated rings. The zero-order valence-electron chi connectivity index (χ0n) is 12.0. The van der Waals surface area contributed by atoms with Crippen LogP contribution in [0.4, 0.5) is 0 Å². The standard InChI is InChI=1S/3C5H11.Sn/c3*1-3-5-4-2;/h3*1,3-5H2,2H3;. The molecule has 0 aliphatic heterocycles. The van der Waals surface area contributed by atoms with Gasteiger partial charge in [0, 0.05) is 0 Å². The third-order valence-electron chi connectivity index (χ3n) is 3.40. The van der Waals surface area contributed by atoms with Crippen LogP contribution in [0.15, 0.2) is 0 Å². The van der Waals surface area contributed by atoms with Crippen molar-refractivity contribution in [2.24, 2.45) is 0 Å². The van der Waals surface area contributed by atoms with Crippen LogP contribution in [0, 0.1) is 0 Å². The third kappa shape index (κ3) is 11.3. The molecule has 0 saturated heterocycles. The monoisotopic (exact) mass is 333 g/mol. The normalized spacial score (nSPS) is 11.2. The molecule has 1 heteroatoms. The van der Waals surface area contributed by atoms with E-state index in [1.54, 1.807) is 32.6 Å². The minimum absolute atomic E-state index is 0.900. The fraction of sp³-hybridized carbons (Fsp3) is 1.00. The van der Waals surface area contributed by atoms with Crippen LogP contribution in [0.5, 0.6) is 0 Å². The summed E-state index contributed by atoms with van der Waals surface area (Å²) in [6.07, 6.45) is 13.4. The van der Waals surface area contributed by atoms with Gasteiger partial charge in [-0.05, 0) is 0 Å². The fourth-order valence-electron chi connectivity index (χ4n) is 2.25. The molecule has 0 aromatic heterocycles. The SMILES string of the molecule is CCCC[CH2][Sn]([CH2]CCCC)[CH2]CCCC. The molecule has 0 aromatic rings. The maximum absolute atomic E-state index is 2.33. The number of hydrogen-bond acceptors (Lipinski definition) is 0. The first kappa shape index (κ1) is 16.8. The second-order valence-electron chi connectivity index (χ2n) is 5.12. The van der Waals surface area contributed by atoms with Crippen LogP contribution < -0.4 is 0 Å². The third-order valence-corrected chi connectivity index (χ3v) is 12.5. The molecule has 0 N–H and O–H groups in total. The van der Waals surface area contributed by atoms with Crippen molar-refractivity contribution in [1.29, 1.82) is 0 Å². The van der Waals surface area contributed by atoms with Gasteiger partial charge in [0.2, 0.25) is 0 Å². The second-order valence-corrected chi connectivity index (χ2v) is 13.7. The van der Waals surface area contributed by atoms with Crippen molar-refractivity contribution in [3.63, 3.8) is 0 Å². The summed E-state index contributed by atoms with van der Waals surface area (Å²) in [5.41, 5.74) is 0. The van der Waals surface area contributed by atoms with Gasteiger partial charge in [-0.3, -0.25) is 0 Å². The van der Waals surface area contributed by atoms with E-state index in [0.717, 1.165) is 0 Å². The van der Waals surface area contributed by atoms with Gasteiger partial charge in [-0.15, -0.1) is 0 Å². The minimum atomic E-state index is -0.900. The van der Waals surface area contributed by atoms with Gasteiger partial charge in [0.15, 0.2) is 0 Å². The Balaban J connectivity index is 3.58. The zero-order chi connectivity index (χ0) is 12.1. The van der Waals surface area contributed by atoms with E-state index in [9.17, 15) is 0 Å². The summed E-state index contributed by atoms with van der Waals surface area (Å²) in [6, 6.07) is 0. The molecule has 0 bridgehead atoms. The molecule has 0 rings (SSSR count). The maximum atomic E-state index is 2.33. The average molecular weight is 332 g/mol.